The monoisotopic (exact) mass is 337 g/mol. The Morgan fingerprint density at radius 2 is 1.80 bits per heavy atom. The summed E-state index contributed by atoms with van der Waals surface area (Å²) in [5.41, 5.74) is 6.86. The molecule has 2 aromatic carbocycles. The van der Waals surface area contributed by atoms with E-state index in [0.29, 0.717) is 11.3 Å². The Bertz CT molecular complexity index is 642. The third-order valence-corrected chi connectivity index (χ3v) is 3.85. The molecule has 0 bridgehead atoms. The van der Waals surface area contributed by atoms with E-state index >= 15 is 0 Å². The fourth-order valence-corrected chi connectivity index (χ4v) is 2.52. The van der Waals surface area contributed by atoms with Gasteiger partial charge in [-0.2, -0.15) is 0 Å². The van der Waals surface area contributed by atoms with Gasteiger partial charge in [0.1, 0.15) is 11.6 Å². The fourth-order valence-electron chi connectivity index (χ4n) is 1.93. The Labute approximate surface area is 124 Å². The van der Waals surface area contributed by atoms with Crippen LogP contribution in [0.25, 0.3) is 0 Å². The zero-order chi connectivity index (χ0) is 14.9. The quantitative estimate of drug-likeness (QED) is 0.511. The van der Waals surface area contributed by atoms with Crippen molar-refractivity contribution < 1.29 is 13.9 Å². The van der Waals surface area contributed by atoms with E-state index in [9.17, 15) is 9.18 Å². The van der Waals surface area contributed by atoms with Crippen molar-refractivity contribution in [2.24, 2.45) is 0 Å². The van der Waals surface area contributed by atoms with Crippen LogP contribution in [0.5, 0.6) is 5.75 Å². The molecule has 0 atom stereocenters. The van der Waals surface area contributed by atoms with Crippen LogP contribution in [-0.4, -0.2) is 5.97 Å². The summed E-state index contributed by atoms with van der Waals surface area (Å²) in [5.74, 6) is -0.768. The minimum absolute atomic E-state index is 0.159. The molecule has 0 fully saturated rings. The number of hydrogen-bond acceptors (Lipinski definition) is 3. The highest BCUT2D eigenvalue weighted by Crippen LogP contribution is 2.33. The molecule has 5 heteroatoms. The summed E-state index contributed by atoms with van der Waals surface area (Å²) < 4.78 is 19.4. The third-order valence-electron chi connectivity index (χ3n) is 3.07. The molecule has 0 heterocycles. The number of halogens is 2. The molecule has 0 aliphatic rings. The van der Waals surface area contributed by atoms with Gasteiger partial charge in [-0.1, -0.05) is 18.2 Å². The highest BCUT2D eigenvalue weighted by atomic mass is 79.9. The second kappa shape index (κ2) is 5.63. The lowest BCUT2D eigenvalue weighted by Gasteiger charge is -2.14. The fraction of sp³-hybridized carbons (Fsp3) is 0.133. The molecule has 2 aromatic rings. The lowest BCUT2D eigenvalue weighted by Crippen LogP contribution is -2.15. The molecule has 0 spiro atoms. The summed E-state index contributed by atoms with van der Waals surface area (Å²) in [4.78, 5) is 12.2. The number of rotatable bonds is 2. The van der Waals surface area contributed by atoms with E-state index in [1.807, 2.05) is 6.07 Å². The first-order valence-corrected chi connectivity index (χ1v) is 6.73. The summed E-state index contributed by atoms with van der Waals surface area (Å²) in [6.45, 7) is 3.18. The molecule has 104 valence electrons. The van der Waals surface area contributed by atoms with E-state index < -0.39 is 11.8 Å². The molecule has 0 aromatic heterocycles. The molecule has 0 aliphatic heterocycles. The van der Waals surface area contributed by atoms with Gasteiger partial charge in [-0.15, -0.1) is 0 Å². The maximum atomic E-state index is 14.0. The van der Waals surface area contributed by atoms with Crippen molar-refractivity contribution in [1.29, 1.82) is 0 Å². The highest BCUT2D eigenvalue weighted by molar-refractivity contribution is 9.10. The van der Waals surface area contributed by atoms with Crippen LogP contribution in [0.2, 0.25) is 0 Å². The summed E-state index contributed by atoms with van der Waals surface area (Å²) >= 11 is 3.08. The topological polar surface area (TPSA) is 52.3 Å². The number of nitrogen functional groups attached to an aromatic ring is 1. The summed E-state index contributed by atoms with van der Waals surface area (Å²) in [6.07, 6.45) is 0. The van der Waals surface area contributed by atoms with Crippen LogP contribution in [0, 0.1) is 19.7 Å². The molecular weight excluding hydrogens is 325 g/mol. The molecule has 0 radical (unpaired) electrons. The first-order valence-electron chi connectivity index (χ1n) is 5.94. The summed E-state index contributed by atoms with van der Waals surface area (Å²) in [7, 11) is 0. The van der Waals surface area contributed by atoms with Crippen molar-refractivity contribution in [2.45, 2.75) is 13.8 Å². The van der Waals surface area contributed by atoms with Gasteiger partial charge in [0.15, 0.2) is 0 Å². The Balaban J connectivity index is 2.45. The Morgan fingerprint density at radius 1 is 1.20 bits per heavy atom. The normalized spacial score (nSPS) is 10.4. The molecule has 2 rings (SSSR count). The van der Waals surface area contributed by atoms with Gasteiger partial charge < -0.3 is 10.5 Å². The maximum Gasteiger partial charge on any atom is 0.344 e. The van der Waals surface area contributed by atoms with Crippen LogP contribution in [0.1, 0.15) is 21.5 Å². The number of hydrogen-bond donors (Lipinski definition) is 1. The number of carbonyl (C=O) groups is 1. The van der Waals surface area contributed by atoms with Gasteiger partial charge in [0, 0.05) is 5.56 Å². The van der Waals surface area contributed by atoms with E-state index in [1.54, 1.807) is 31.2 Å². The second-order valence-electron chi connectivity index (χ2n) is 4.37. The lowest BCUT2D eigenvalue weighted by molar-refractivity contribution is 0.0732. The molecule has 0 saturated heterocycles. The van der Waals surface area contributed by atoms with Crippen LogP contribution in [0.4, 0.5) is 10.1 Å². The predicted molar refractivity (Wildman–Crippen MR) is 79.4 cm³/mol. The van der Waals surface area contributed by atoms with E-state index in [0.717, 1.165) is 0 Å². The SMILES string of the molecule is Cc1c(N)c(Br)c(F)c(C)c1C(=O)Oc1ccccc1. The number of carbonyl (C=O) groups excluding carboxylic acids is 1. The number of anilines is 1. The van der Waals surface area contributed by atoms with Crippen molar-refractivity contribution in [3.05, 3.63) is 57.3 Å². The average molecular weight is 338 g/mol. The average Bonchev–Trinajstić information content (AvgIpc) is 2.44. The zero-order valence-electron chi connectivity index (χ0n) is 11.0. The number of para-hydroxylation sites is 1. The highest BCUT2D eigenvalue weighted by Gasteiger charge is 2.22. The molecule has 0 aliphatic carbocycles. The first kappa shape index (κ1) is 14.5. The molecule has 2 N–H and O–H groups in total. The lowest BCUT2D eigenvalue weighted by atomic mass is 10.0. The number of ether oxygens (including phenoxy) is 1. The largest absolute Gasteiger partial charge is 0.423 e. The number of nitrogens with two attached hydrogens (primary N) is 1. The molecule has 0 saturated carbocycles. The first-order chi connectivity index (χ1) is 9.43. The van der Waals surface area contributed by atoms with Gasteiger partial charge in [-0.3, -0.25) is 0 Å². The minimum atomic E-state index is -0.621. The van der Waals surface area contributed by atoms with E-state index in [-0.39, 0.29) is 21.3 Å². The van der Waals surface area contributed by atoms with Crippen LogP contribution in [0.15, 0.2) is 34.8 Å². The Hall–Kier alpha value is -1.88. The van der Waals surface area contributed by atoms with Crippen LogP contribution in [-0.2, 0) is 0 Å². The van der Waals surface area contributed by atoms with Gasteiger partial charge >= 0.3 is 5.97 Å². The number of esters is 1. The van der Waals surface area contributed by atoms with Crippen molar-refractivity contribution >= 4 is 27.6 Å². The second-order valence-corrected chi connectivity index (χ2v) is 5.16. The maximum absolute atomic E-state index is 14.0. The van der Waals surface area contributed by atoms with Crippen LogP contribution < -0.4 is 10.5 Å². The van der Waals surface area contributed by atoms with E-state index in [2.05, 4.69) is 15.9 Å². The van der Waals surface area contributed by atoms with Gasteiger partial charge in [0.25, 0.3) is 0 Å². The molecule has 20 heavy (non-hydrogen) atoms. The van der Waals surface area contributed by atoms with E-state index in [4.69, 9.17) is 10.5 Å². The summed E-state index contributed by atoms with van der Waals surface area (Å²) in [6, 6.07) is 8.62. The minimum Gasteiger partial charge on any atom is -0.423 e. The van der Waals surface area contributed by atoms with Gasteiger partial charge in [-0.25, -0.2) is 9.18 Å². The zero-order valence-corrected chi connectivity index (χ0v) is 12.6. The molecule has 0 unspecified atom stereocenters. The number of benzene rings is 2. The summed E-state index contributed by atoms with van der Waals surface area (Å²) in [5, 5.41) is 0. The predicted octanol–water partition coefficient (Wildman–Crippen LogP) is 4.01. The van der Waals surface area contributed by atoms with Gasteiger partial charge in [0.05, 0.1) is 15.7 Å². The van der Waals surface area contributed by atoms with Gasteiger partial charge in [0.2, 0.25) is 0 Å². The van der Waals surface area contributed by atoms with Crippen LogP contribution >= 0.6 is 15.9 Å². The molecule has 0 amide bonds. The standard InChI is InChI=1S/C15H13BrFNO2/c1-8-11(9(2)14(18)12(16)13(8)17)15(19)20-10-6-4-3-5-7-10/h3-7H,18H2,1-2H3. The smallest absolute Gasteiger partial charge is 0.344 e. The van der Waals surface area contributed by atoms with Crippen molar-refractivity contribution in [1.82, 2.24) is 0 Å². The Morgan fingerprint density at radius 3 is 2.40 bits per heavy atom. The van der Waals surface area contributed by atoms with Crippen LogP contribution in [0.3, 0.4) is 0 Å². The van der Waals surface area contributed by atoms with Crippen molar-refractivity contribution in [3.8, 4) is 5.75 Å². The van der Waals surface area contributed by atoms with Crippen molar-refractivity contribution in [2.75, 3.05) is 5.73 Å². The third kappa shape index (κ3) is 2.54. The van der Waals surface area contributed by atoms with E-state index in [1.165, 1.54) is 6.92 Å². The van der Waals surface area contributed by atoms with Gasteiger partial charge in [-0.05, 0) is 47.5 Å². The Kier molecular flexibility index (Phi) is 4.09. The molecular formula is C15H13BrFNO2. The molecule has 3 nitrogen and oxygen atoms in total. The van der Waals surface area contributed by atoms with Crippen molar-refractivity contribution in [3.63, 3.8) is 0 Å².